The standard InChI is InChI=1S/C52H74N10O7SSi/c1-12-60-41-19-18-35-26-37(41)38(46(60)36-16-13-21-53-44(36)34(5)68-11)28-51(6,7)31-69-49(66)52(71)20-15-23-62(56-52)48(65)39(27-42-54-40(35)30-70-42)55-47(64)45(32(2)3)58(10)50(67)61-25-24-59(29-33(61)4)43(63)17-14-22-57(8)9/h13-14,16-19,21,26,30,32-34,39,45,56H,12,15,20,22-25,27-29,31H2,1-11,71H3,(H,55,64)/b17-14+/t33-,34-,39-,45-,52-/m0/s1. The number of hydrogen-bond donors (Lipinski definition) is 2. The number of methoxy groups -OCH3 is 1. The summed E-state index contributed by atoms with van der Waals surface area (Å²) in [6.45, 7) is 16.8. The van der Waals surface area contributed by atoms with Gasteiger partial charge in [-0.1, -0.05) is 39.8 Å². The van der Waals surface area contributed by atoms with Gasteiger partial charge in [-0.2, -0.15) is 0 Å². The maximum absolute atomic E-state index is 14.9. The molecule has 0 spiro atoms. The SMILES string of the molecule is CCn1c(-c2cccnc2[C@H](C)OC)c2c3cc(ccc31)-c1csc(n1)C[C@H](NC(=O)[C@H](C(C)C)N(C)C(=O)N1CCN(C(=O)/C=C/CN(C)C)C[C@@H]1C)C(=O)N1CCC[C@@]([SiH3])(N1)C(=O)OCC(C)(C)C2. The molecule has 5 amide bonds. The summed E-state index contributed by atoms with van der Waals surface area (Å²) in [7, 11) is 7.51. The van der Waals surface area contributed by atoms with Crippen LogP contribution in [0.15, 0.2) is 54.1 Å². The van der Waals surface area contributed by atoms with Crippen LogP contribution in [0.4, 0.5) is 4.79 Å². The van der Waals surface area contributed by atoms with Crippen molar-refractivity contribution < 1.29 is 33.4 Å². The Morgan fingerprint density at radius 1 is 1.11 bits per heavy atom. The third kappa shape index (κ3) is 11.6. The monoisotopic (exact) mass is 1010 g/mol. The number of aryl methyl sites for hydroxylation is 1. The predicted molar refractivity (Wildman–Crippen MR) is 280 cm³/mol. The Balaban J connectivity index is 1.23. The van der Waals surface area contributed by atoms with Crippen molar-refractivity contribution >= 4 is 62.2 Å². The van der Waals surface area contributed by atoms with Crippen LogP contribution in [-0.2, 0) is 48.0 Å². The van der Waals surface area contributed by atoms with Gasteiger partial charge in [-0.25, -0.2) is 15.2 Å². The van der Waals surface area contributed by atoms with E-state index in [0.717, 1.165) is 44.7 Å². The fraction of sp³-hybridized carbons (Fsp3) is 0.558. The molecule has 71 heavy (non-hydrogen) atoms. The van der Waals surface area contributed by atoms with Crippen LogP contribution in [0.2, 0.25) is 0 Å². The zero-order chi connectivity index (χ0) is 51.5. The lowest BCUT2D eigenvalue weighted by Crippen LogP contribution is -2.68. The van der Waals surface area contributed by atoms with Gasteiger partial charge in [0.1, 0.15) is 17.2 Å². The summed E-state index contributed by atoms with van der Waals surface area (Å²) in [5.41, 5.74) is 9.42. The Hall–Kier alpha value is -5.47. The van der Waals surface area contributed by atoms with Crippen LogP contribution in [0.1, 0.15) is 83.7 Å². The number of piperazine rings is 1. The number of hydrazine groups is 1. The zero-order valence-corrected chi connectivity index (χ0v) is 46.5. The topological polar surface area (TPSA) is 175 Å². The lowest BCUT2D eigenvalue weighted by atomic mass is 9.84. The Kier molecular flexibility index (Phi) is 16.6. The highest BCUT2D eigenvalue weighted by Gasteiger charge is 2.44. The number of nitrogens with one attached hydrogen (secondary N) is 2. The van der Waals surface area contributed by atoms with Gasteiger partial charge in [-0.05, 0) is 89.9 Å². The molecule has 17 nitrogen and oxygen atoms in total. The fourth-order valence-corrected chi connectivity index (χ4v) is 11.8. The molecule has 2 fully saturated rings. The number of pyridine rings is 1. The first kappa shape index (κ1) is 53.3. The lowest BCUT2D eigenvalue weighted by molar-refractivity contribution is -0.158. The number of thiazole rings is 1. The second-order valence-electron chi connectivity index (χ2n) is 21.0. The number of likely N-dealkylation sites (N-methyl/N-ethyl adjacent to an activating group) is 2. The van der Waals surface area contributed by atoms with Gasteiger partial charge < -0.3 is 39.0 Å². The van der Waals surface area contributed by atoms with Crippen molar-refractivity contribution in [2.45, 2.75) is 110 Å². The van der Waals surface area contributed by atoms with Crippen molar-refractivity contribution in [1.29, 1.82) is 0 Å². The number of aromatic nitrogens is 3. The van der Waals surface area contributed by atoms with E-state index in [-0.39, 0.29) is 43.0 Å². The highest BCUT2D eigenvalue weighted by atomic mass is 32.1. The zero-order valence-electron chi connectivity index (χ0n) is 43.7. The number of carbonyl (C=O) groups is 5. The van der Waals surface area contributed by atoms with Gasteiger partial charge in [0.05, 0.1) is 34.8 Å². The number of fused-ring (bicyclic) bond motifs is 6. The summed E-state index contributed by atoms with van der Waals surface area (Å²) in [4.78, 5) is 87.9. The van der Waals surface area contributed by atoms with Crippen molar-refractivity contribution in [3.63, 3.8) is 0 Å². The van der Waals surface area contributed by atoms with E-state index in [1.807, 2.05) is 64.2 Å². The molecular formula is C52H74N10O7SSi. The number of esters is 1. The van der Waals surface area contributed by atoms with Gasteiger partial charge in [-0.3, -0.25) is 29.2 Å². The Morgan fingerprint density at radius 2 is 1.87 bits per heavy atom. The molecule has 6 heterocycles. The van der Waals surface area contributed by atoms with E-state index < -0.39 is 40.4 Å². The average Bonchev–Trinajstić information content (AvgIpc) is 3.93. The van der Waals surface area contributed by atoms with Crippen molar-refractivity contribution in [3.8, 4) is 22.5 Å². The first-order valence-electron chi connectivity index (χ1n) is 24.9. The number of hydrogen-bond acceptors (Lipinski definition) is 12. The number of carbonyl (C=O) groups excluding carboxylic acids is 5. The summed E-state index contributed by atoms with van der Waals surface area (Å²) in [5, 5.41) is 7.12. The van der Waals surface area contributed by atoms with E-state index in [9.17, 15) is 24.0 Å². The molecule has 7 rings (SSSR count). The molecule has 0 saturated carbocycles. The van der Waals surface area contributed by atoms with Gasteiger partial charge in [0.25, 0.3) is 5.91 Å². The molecule has 3 aromatic heterocycles. The number of amides is 5. The van der Waals surface area contributed by atoms with E-state index in [1.54, 1.807) is 36.2 Å². The molecule has 2 saturated heterocycles. The normalized spacial score (nSPS) is 22.0. The molecule has 3 aliphatic heterocycles. The van der Waals surface area contributed by atoms with Crippen molar-refractivity contribution in [2.24, 2.45) is 11.3 Å². The molecule has 0 aliphatic carbocycles. The van der Waals surface area contributed by atoms with E-state index in [0.29, 0.717) is 73.8 Å². The summed E-state index contributed by atoms with van der Waals surface area (Å²) < 4.78 is 14.4. The molecule has 0 unspecified atom stereocenters. The van der Waals surface area contributed by atoms with Crippen LogP contribution in [0, 0.1) is 11.3 Å². The van der Waals surface area contributed by atoms with Crippen molar-refractivity contribution in [1.82, 2.24) is 49.9 Å². The molecule has 4 aromatic rings. The minimum atomic E-state index is -1.10. The third-order valence-corrected chi connectivity index (χ3v) is 16.1. The maximum Gasteiger partial charge on any atom is 0.323 e. The summed E-state index contributed by atoms with van der Waals surface area (Å²) >= 11 is 1.41. The van der Waals surface area contributed by atoms with E-state index in [4.69, 9.17) is 19.4 Å². The number of nitrogens with zero attached hydrogens (tertiary/aromatic N) is 8. The number of cyclic esters (lactones) is 1. The molecular weight excluding hydrogens is 937 g/mol. The lowest BCUT2D eigenvalue weighted by Gasteiger charge is -2.43. The Bertz CT molecular complexity index is 2650. The van der Waals surface area contributed by atoms with Crippen LogP contribution in [-0.4, -0.2) is 170 Å². The highest BCUT2D eigenvalue weighted by Crippen LogP contribution is 2.42. The van der Waals surface area contributed by atoms with Gasteiger partial charge in [0.15, 0.2) is 0 Å². The number of benzene rings is 1. The Morgan fingerprint density at radius 3 is 2.56 bits per heavy atom. The van der Waals surface area contributed by atoms with Gasteiger partial charge >= 0.3 is 12.0 Å². The fourth-order valence-electron chi connectivity index (χ4n) is 10.2. The minimum Gasteiger partial charge on any atom is -0.464 e. The predicted octanol–water partition coefficient (Wildman–Crippen LogP) is 4.62. The maximum atomic E-state index is 14.9. The Labute approximate surface area is 425 Å². The summed E-state index contributed by atoms with van der Waals surface area (Å²) in [6.07, 6.45) is 6.63. The van der Waals surface area contributed by atoms with Crippen molar-refractivity contribution in [2.75, 3.05) is 67.6 Å². The van der Waals surface area contributed by atoms with Gasteiger partial charge in [0.2, 0.25) is 11.8 Å². The van der Waals surface area contributed by atoms with Crippen LogP contribution < -0.4 is 10.7 Å². The van der Waals surface area contributed by atoms with Crippen molar-refractivity contribution in [3.05, 3.63) is 70.3 Å². The van der Waals surface area contributed by atoms with E-state index in [2.05, 4.69) is 60.3 Å². The van der Waals surface area contributed by atoms with Crippen LogP contribution in [0.5, 0.6) is 0 Å². The summed E-state index contributed by atoms with van der Waals surface area (Å²) in [5.74, 6) is -1.74. The smallest absolute Gasteiger partial charge is 0.323 e. The average molecular weight is 1010 g/mol. The largest absolute Gasteiger partial charge is 0.464 e. The first-order chi connectivity index (χ1) is 33.7. The van der Waals surface area contributed by atoms with Crippen LogP contribution in [0.3, 0.4) is 0 Å². The molecule has 5 atom stereocenters. The van der Waals surface area contributed by atoms with E-state index >= 15 is 0 Å². The molecule has 2 N–H and O–H groups in total. The van der Waals surface area contributed by atoms with Crippen LogP contribution in [0.25, 0.3) is 33.4 Å². The summed E-state index contributed by atoms with van der Waals surface area (Å²) in [6, 6.07) is 7.76. The van der Waals surface area contributed by atoms with Gasteiger partial charge in [-0.15, -0.1) is 11.3 Å². The molecule has 3 aliphatic rings. The molecule has 6 bridgehead atoms. The second kappa shape index (κ2) is 22.1. The third-order valence-electron chi connectivity index (χ3n) is 14.1. The number of rotatable bonds is 11. The van der Waals surface area contributed by atoms with Crippen LogP contribution >= 0.6 is 11.3 Å². The molecule has 384 valence electrons. The number of ether oxygens (including phenoxy) is 2. The highest BCUT2D eigenvalue weighted by molar-refractivity contribution is 7.10. The molecule has 0 radical (unpaired) electrons. The quantitative estimate of drug-likeness (QED) is 0.122. The molecule has 1 aromatic carbocycles. The first-order valence-corrected chi connectivity index (χ1v) is 26.8. The van der Waals surface area contributed by atoms with E-state index in [1.165, 1.54) is 21.2 Å². The van der Waals surface area contributed by atoms with Gasteiger partial charge in [0, 0.05) is 121 Å². The minimum absolute atomic E-state index is 0.0734. The number of urea groups is 1. The second-order valence-corrected chi connectivity index (χ2v) is 23.7. The molecule has 19 heteroatoms.